The minimum absolute atomic E-state index is 0.0646. The van der Waals surface area contributed by atoms with Crippen LogP contribution in [0.1, 0.15) is 31.9 Å². The van der Waals surface area contributed by atoms with Gasteiger partial charge in [0.2, 0.25) is 0 Å². The SMILES string of the molecule is CC1CCC(C(=O)Nc2ccnc(C(F)F)c2)O1. The molecule has 6 heteroatoms. The van der Waals surface area contributed by atoms with E-state index >= 15 is 0 Å². The fourth-order valence-electron chi connectivity index (χ4n) is 1.86. The van der Waals surface area contributed by atoms with Gasteiger partial charge in [-0.2, -0.15) is 0 Å². The number of carbonyl (C=O) groups is 1. The summed E-state index contributed by atoms with van der Waals surface area (Å²) in [4.78, 5) is 15.3. The highest BCUT2D eigenvalue weighted by molar-refractivity contribution is 5.94. The average Bonchev–Trinajstić information content (AvgIpc) is 2.76. The van der Waals surface area contributed by atoms with Crippen molar-refractivity contribution in [3.8, 4) is 0 Å². The van der Waals surface area contributed by atoms with E-state index < -0.39 is 12.5 Å². The van der Waals surface area contributed by atoms with E-state index in [1.165, 1.54) is 18.3 Å². The van der Waals surface area contributed by atoms with Crippen LogP contribution < -0.4 is 5.32 Å². The van der Waals surface area contributed by atoms with Crippen molar-refractivity contribution >= 4 is 11.6 Å². The average molecular weight is 256 g/mol. The normalized spacial score (nSPS) is 23.3. The van der Waals surface area contributed by atoms with Crippen LogP contribution in [0.5, 0.6) is 0 Å². The molecule has 1 amide bonds. The molecule has 0 saturated carbocycles. The number of hydrogen-bond acceptors (Lipinski definition) is 3. The molecule has 0 aromatic carbocycles. The molecule has 2 atom stereocenters. The summed E-state index contributed by atoms with van der Waals surface area (Å²) < 4.78 is 30.3. The van der Waals surface area contributed by atoms with Crippen LogP contribution in [0.4, 0.5) is 14.5 Å². The number of amides is 1. The highest BCUT2D eigenvalue weighted by Gasteiger charge is 2.28. The summed E-state index contributed by atoms with van der Waals surface area (Å²) in [6.45, 7) is 1.90. The second kappa shape index (κ2) is 5.39. The first-order chi connectivity index (χ1) is 8.56. The Labute approximate surface area is 103 Å². The molecule has 2 unspecified atom stereocenters. The maximum absolute atomic E-state index is 12.4. The third-order valence-corrected chi connectivity index (χ3v) is 2.80. The molecule has 0 aliphatic carbocycles. The number of pyridine rings is 1. The third-order valence-electron chi connectivity index (χ3n) is 2.80. The Morgan fingerprint density at radius 1 is 1.56 bits per heavy atom. The van der Waals surface area contributed by atoms with Gasteiger partial charge < -0.3 is 10.1 Å². The Morgan fingerprint density at radius 3 is 2.94 bits per heavy atom. The van der Waals surface area contributed by atoms with Gasteiger partial charge in [-0.05, 0) is 31.9 Å². The fourth-order valence-corrected chi connectivity index (χ4v) is 1.86. The Balaban J connectivity index is 2.00. The molecule has 0 radical (unpaired) electrons. The van der Waals surface area contributed by atoms with Gasteiger partial charge in [-0.25, -0.2) is 8.78 Å². The van der Waals surface area contributed by atoms with Crippen LogP contribution in [-0.4, -0.2) is 23.1 Å². The fraction of sp³-hybridized carbons (Fsp3) is 0.500. The molecule has 1 N–H and O–H groups in total. The second-order valence-corrected chi connectivity index (χ2v) is 4.27. The first kappa shape index (κ1) is 12.9. The number of rotatable bonds is 3. The Morgan fingerprint density at radius 2 is 2.33 bits per heavy atom. The first-order valence-corrected chi connectivity index (χ1v) is 5.76. The summed E-state index contributed by atoms with van der Waals surface area (Å²) in [5.74, 6) is -0.300. The van der Waals surface area contributed by atoms with Gasteiger partial charge in [0.25, 0.3) is 12.3 Å². The van der Waals surface area contributed by atoms with Gasteiger partial charge in [0, 0.05) is 11.9 Å². The van der Waals surface area contributed by atoms with Crippen molar-refractivity contribution < 1.29 is 18.3 Å². The summed E-state index contributed by atoms with van der Waals surface area (Å²) in [6.07, 6.45) is -0.353. The zero-order valence-corrected chi connectivity index (χ0v) is 9.90. The molecule has 18 heavy (non-hydrogen) atoms. The maximum Gasteiger partial charge on any atom is 0.280 e. The van der Waals surface area contributed by atoms with E-state index in [0.717, 1.165) is 6.42 Å². The minimum Gasteiger partial charge on any atom is -0.365 e. The standard InChI is InChI=1S/C12H14F2N2O2/c1-7-2-3-10(18-7)12(17)16-8-4-5-15-9(6-8)11(13)14/h4-7,10-11H,2-3H2,1H3,(H,15,16,17). The zero-order chi connectivity index (χ0) is 13.1. The molecule has 1 aliphatic rings. The highest BCUT2D eigenvalue weighted by Crippen LogP contribution is 2.22. The lowest BCUT2D eigenvalue weighted by molar-refractivity contribution is -0.126. The molecule has 2 heterocycles. The van der Waals surface area contributed by atoms with Crippen LogP contribution in [-0.2, 0) is 9.53 Å². The monoisotopic (exact) mass is 256 g/mol. The summed E-state index contributed by atoms with van der Waals surface area (Å²) in [5, 5.41) is 2.56. The van der Waals surface area contributed by atoms with E-state index in [2.05, 4.69) is 10.3 Å². The molecule has 2 rings (SSSR count). The van der Waals surface area contributed by atoms with E-state index in [1.54, 1.807) is 0 Å². The molecular weight excluding hydrogens is 242 g/mol. The van der Waals surface area contributed by atoms with Crippen LogP contribution >= 0.6 is 0 Å². The van der Waals surface area contributed by atoms with Crippen molar-refractivity contribution in [3.05, 3.63) is 24.0 Å². The molecule has 0 spiro atoms. The largest absolute Gasteiger partial charge is 0.365 e. The van der Waals surface area contributed by atoms with Crippen molar-refractivity contribution in [1.29, 1.82) is 0 Å². The van der Waals surface area contributed by atoms with Gasteiger partial charge in [0.15, 0.2) is 0 Å². The molecule has 1 aromatic rings. The highest BCUT2D eigenvalue weighted by atomic mass is 19.3. The van der Waals surface area contributed by atoms with Crippen LogP contribution in [0, 0.1) is 0 Å². The van der Waals surface area contributed by atoms with Gasteiger partial charge in [-0.1, -0.05) is 0 Å². The van der Waals surface area contributed by atoms with E-state index in [-0.39, 0.29) is 17.7 Å². The maximum atomic E-state index is 12.4. The zero-order valence-electron chi connectivity index (χ0n) is 9.90. The molecule has 98 valence electrons. The predicted octanol–water partition coefficient (Wildman–Crippen LogP) is 2.53. The summed E-state index contributed by atoms with van der Waals surface area (Å²) in [6, 6.07) is 2.64. The molecule has 0 bridgehead atoms. The van der Waals surface area contributed by atoms with Gasteiger partial charge in [-0.3, -0.25) is 9.78 Å². The van der Waals surface area contributed by atoms with Crippen molar-refractivity contribution in [1.82, 2.24) is 4.98 Å². The number of nitrogens with zero attached hydrogens (tertiary/aromatic N) is 1. The number of aromatic nitrogens is 1. The quantitative estimate of drug-likeness (QED) is 0.904. The molecule has 1 saturated heterocycles. The van der Waals surface area contributed by atoms with Crippen molar-refractivity contribution in [2.45, 2.75) is 38.4 Å². The number of hydrogen-bond donors (Lipinski definition) is 1. The number of carbonyl (C=O) groups excluding carboxylic acids is 1. The number of nitrogens with one attached hydrogen (secondary N) is 1. The lowest BCUT2D eigenvalue weighted by Crippen LogP contribution is -2.27. The Bertz CT molecular complexity index is 440. The van der Waals surface area contributed by atoms with Crippen LogP contribution in [0.2, 0.25) is 0 Å². The number of anilines is 1. The Kier molecular flexibility index (Phi) is 3.86. The van der Waals surface area contributed by atoms with Crippen molar-refractivity contribution in [3.63, 3.8) is 0 Å². The first-order valence-electron chi connectivity index (χ1n) is 5.76. The second-order valence-electron chi connectivity index (χ2n) is 4.27. The lowest BCUT2D eigenvalue weighted by atomic mass is 10.2. The summed E-state index contributed by atoms with van der Waals surface area (Å²) >= 11 is 0. The molecule has 1 fully saturated rings. The van der Waals surface area contributed by atoms with Crippen molar-refractivity contribution in [2.24, 2.45) is 0 Å². The summed E-state index contributed by atoms with van der Waals surface area (Å²) in [7, 11) is 0. The number of alkyl halides is 2. The molecule has 1 aliphatic heterocycles. The summed E-state index contributed by atoms with van der Waals surface area (Å²) in [5.41, 5.74) is -0.0399. The van der Waals surface area contributed by atoms with Gasteiger partial charge in [0.05, 0.1) is 6.10 Å². The number of halogens is 2. The van der Waals surface area contributed by atoms with E-state index in [0.29, 0.717) is 12.1 Å². The minimum atomic E-state index is -2.65. The van der Waals surface area contributed by atoms with Crippen LogP contribution in [0.3, 0.4) is 0 Å². The van der Waals surface area contributed by atoms with E-state index in [1.807, 2.05) is 6.92 Å². The predicted molar refractivity (Wildman–Crippen MR) is 61.4 cm³/mol. The van der Waals surface area contributed by atoms with Gasteiger partial charge >= 0.3 is 0 Å². The van der Waals surface area contributed by atoms with E-state index in [9.17, 15) is 13.6 Å². The number of ether oxygens (including phenoxy) is 1. The smallest absolute Gasteiger partial charge is 0.280 e. The van der Waals surface area contributed by atoms with Gasteiger partial charge in [-0.15, -0.1) is 0 Å². The van der Waals surface area contributed by atoms with E-state index in [4.69, 9.17) is 4.74 Å². The van der Waals surface area contributed by atoms with Crippen molar-refractivity contribution in [2.75, 3.05) is 5.32 Å². The van der Waals surface area contributed by atoms with Crippen LogP contribution in [0.25, 0.3) is 0 Å². The molecule has 4 nitrogen and oxygen atoms in total. The topological polar surface area (TPSA) is 51.2 Å². The lowest BCUT2D eigenvalue weighted by Gasteiger charge is -2.12. The van der Waals surface area contributed by atoms with Gasteiger partial charge in [0.1, 0.15) is 11.8 Å². The third kappa shape index (κ3) is 3.01. The van der Waals surface area contributed by atoms with Crippen LogP contribution in [0.15, 0.2) is 18.3 Å². The molecule has 1 aromatic heterocycles. The Hall–Kier alpha value is -1.56. The molecular formula is C12H14F2N2O2.